The molecule has 1 aliphatic rings. The second kappa shape index (κ2) is 5.90. The molecule has 0 aromatic heterocycles. The standard InChI is InChI=1S/C13H20N2O3S/c1-2-14-11-3-7-13(8-4-11)19(17,18)15(9-10-16)12-5-6-12/h3-4,7-8,12,14,16H,2,5-6,9-10H2,1H3. The first-order chi connectivity index (χ1) is 9.09. The summed E-state index contributed by atoms with van der Waals surface area (Å²) in [6.45, 7) is 2.80. The molecule has 1 fully saturated rings. The van der Waals surface area contributed by atoms with Gasteiger partial charge in [-0.15, -0.1) is 0 Å². The zero-order valence-electron chi connectivity index (χ0n) is 11.0. The summed E-state index contributed by atoms with van der Waals surface area (Å²) in [5.74, 6) is 0. The Morgan fingerprint density at radius 1 is 1.32 bits per heavy atom. The van der Waals surface area contributed by atoms with Crippen molar-refractivity contribution in [2.24, 2.45) is 0 Å². The zero-order chi connectivity index (χ0) is 13.9. The maximum absolute atomic E-state index is 12.5. The minimum absolute atomic E-state index is 0.0607. The molecule has 2 N–H and O–H groups in total. The van der Waals surface area contributed by atoms with Crippen molar-refractivity contribution < 1.29 is 13.5 Å². The van der Waals surface area contributed by atoms with Crippen molar-refractivity contribution in [3.8, 4) is 0 Å². The lowest BCUT2D eigenvalue weighted by Gasteiger charge is -2.21. The molecule has 1 aliphatic carbocycles. The van der Waals surface area contributed by atoms with Crippen LogP contribution in [-0.2, 0) is 10.0 Å². The second-order valence-corrected chi connectivity index (χ2v) is 6.52. The Balaban J connectivity index is 2.22. The van der Waals surface area contributed by atoms with E-state index in [1.165, 1.54) is 4.31 Å². The van der Waals surface area contributed by atoms with Gasteiger partial charge in [0.25, 0.3) is 0 Å². The quantitative estimate of drug-likeness (QED) is 0.791. The first kappa shape index (κ1) is 14.3. The second-order valence-electron chi connectivity index (χ2n) is 4.63. The van der Waals surface area contributed by atoms with Gasteiger partial charge in [-0.2, -0.15) is 4.31 Å². The lowest BCUT2D eigenvalue weighted by molar-refractivity contribution is 0.250. The minimum atomic E-state index is -3.49. The number of sulfonamides is 1. The van der Waals surface area contributed by atoms with Gasteiger partial charge in [-0.05, 0) is 44.0 Å². The molecule has 1 saturated carbocycles. The Labute approximate surface area is 114 Å². The first-order valence-corrected chi connectivity index (χ1v) is 8.00. The van der Waals surface area contributed by atoms with Crippen LogP contribution < -0.4 is 5.32 Å². The fraction of sp³-hybridized carbons (Fsp3) is 0.538. The Kier molecular flexibility index (Phi) is 4.44. The lowest BCUT2D eigenvalue weighted by Crippen LogP contribution is -2.35. The van der Waals surface area contributed by atoms with Gasteiger partial charge in [-0.3, -0.25) is 0 Å². The third-order valence-corrected chi connectivity index (χ3v) is 5.08. The molecular formula is C13H20N2O3S. The molecule has 2 rings (SSSR count). The molecule has 1 aromatic rings. The fourth-order valence-corrected chi connectivity index (χ4v) is 3.72. The van der Waals surface area contributed by atoms with Crippen molar-refractivity contribution in [3.05, 3.63) is 24.3 Å². The molecule has 0 amide bonds. The highest BCUT2D eigenvalue weighted by molar-refractivity contribution is 7.89. The summed E-state index contributed by atoms with van der Waals surface area (Å²) < 4.78 is 26.3. The van der Waals surface area contributed by atoms with E-state index in [0.717, 1.165) is 25.1 Å². The number of rotatable bonds is 7. The number of benzene rings is 1. The maximum atomic E-state index is 12.5. The van der Waals surface area contributed by atoms with Gasteiger partial charge >= 0.3 is 0 Å². The summed E-state index contributed by atoms with van der Waals surface area (Å²) in [5.41, 5.74) is 0.904. The third-order valence-electron chi connectivity index (χ3n) is 3.12. The topological polar surface area (TPSA) is 69.6 Å². The van der Waals surface area contributed by atoms with Crippen molar-refractivity contribution in [2.45, 2.75) is 30.7 Å². The molecule has 1 aromatic carbocycles. The monoisotopic (exact) mass is 284 g/mol. The molecule has 0 aliphatic heterocycles. The van der Waals surface area contributed by atoms with Gasteiger partial charge in [0.1, 0.15) is 0 Å². The van der Waals surface area contributed by atoms with Gasteiger partial charge in [0, 0.05) is 24.8 Å². The van der Waals surface area contributed by atoms with Gasteiger partial charge in [-0.1, -0.05) is 0 Å². The smallest absolute Gasteiger partial charge is 0.243 e. The summed E-state index contributed by atoms with van der Waals surface area (Å²) in [4.78, 5) is 0.287. The van der Waals surface area contributed by atoms with Crippen LogP contribution >= 0.6 is 0 Å². The van der Waals surface area contributed by atoms with E-state index in [4.69, 9.17) is 5.11 Å². The van der Waals surface area contributed by atoms with Crippen molar-refractivity contribution in [1.82, 2.24) is 4.31 Å². The van der Waals surface area contributed by atoms with Crippen molar-refractivity contribution in [2.75, 3.05) is 25.0 Å². The normalized spacial score (nSPS) is 15.7. The van der Waals surface area contributed by atoms with E-state index in [1.807, 2.05) is 6.92 Å². The summed E-state index contributed by atoms with van der Waals surface area (Å²) in [6, 6.07) is 6.81. The largest absolute Gasteiger partial charge is 0.395 e. The van der Waals surface area contributed by atoms with E-state index in [2.05, 4.69) is 5.32 Å². The van der Waals surface area contributed by atoms with Gasteiger partial charge in [0.2, 0.25) is 10.0 Å². The molecule has 0 unspecified atom stereocenters. The highest BCUT2D eigenvalue weighted by Crippen LogP contribution is 2.31. The molecule has 19 heavy (non-hydrogen) atoms. The van der Waals surface area contributed by atoms with Crippen LogP contribution in [0.3, 0.4) is 0 Å². The lowest BCUT2D eigenvalue weighted by atomic mass is 10.3. The van der Waals surface area contributed by atoms with E-state index in [1.54, 1.807) is 24.3 Å². The van der Waals surface area contributed by atoms with Crippen LogP contribution in [-0.4, -0.2) is 43.6 Å². The number of hydrogen-bond acceptors (Lipinski definition) is 4. The highest BCUT2D eigenvalue weighted by Gasteiger charge is 2.37. The fourth-order valence-electron chi connectivity index (χ4n) is 2.04. The van der Waals surface area contributed by atoms with Crippen LogP contribution in [0.25, 0.3) is 0 Å². The van der Waals surface area contributed by atoms with Gasteiger partial charge in [0.15, 0.2) is 0 Å². The molecule has 0 atom stereocenters. The van der Waals surface area contributed by atoms with Crippen molar-refractivity contribution >= 4 is 15.7 Å². The predicted octanol–water partition coefficient (Wildman–Crippen LogP) is 1.26. The Morgan fingerprint density at radius 2 is 1.95 bits per heavy atom. The summed E-state index contributed by atoms with van der Waals surface area (Å²) in [7, 11) is -3.49. The highest BCUT2D eigenvalue weighted by atomic mass is 32.2. The number of anilines is 1. The molecule has 0 bridgehead atoms. The van der Waals surface area contributed by atoms with E-state index < -0.39 is 10.0 Å². The average molecular weight is 284 g/mol. The average Bonchev–Trinajstić information content (AvgIpc) is 3.21. The van der Waals surface area contributed by atoms with Crippen molar-refractivity contribution in [3.63, 3.8) is 0 Å². The predicted molar refractivity (Wildman–Crippen MR) is 74.6 cm³/mol. The molecule has 106 valence electrons. The van der Waals surface area contributed by atoms with Crippen LogP contribution in [0.1, 0.15) is 19.8 Å². The van der Waals surface area contributed by atoms with E-state index in [0.29, 0.717) is 0 Å². The Hall–Kier alpha value is -1.11. The third kappa shape index (κ3) is 3.26. The molecule has 0 spiro atoms. The molecule has 6 heteroatoms. The van der Waals surface area contributed by atoms with Crippen LogP contribution in [0.5, 0.6) is 0 Å². The number of hydrogen-bond donors (Lipinski definition) is 2. The minimum Gasteiger partial charge on any atom is -0.395 e. The summed E-state index contributed by atoms with van der Waals surface area (Å²) >= 11 is 0. The SMILES string of the molecule is CCNc1ccc(S(=O)(=O)N(CCO)C2CC2)cc1. The van der Waals surface area contributed by atoms with Crippen LogP contribution in [0, 0.1) is 0 Å². The molecular weight excluding hydrogens is 264 g/mol. The first-order valence-electron chi connectivity index (χ1n) is 6.56. The summed E-state index contributed by atoms with van der Waals surface area (Å²) in [6.07, 6.45) is 1.77. The van der Waals surface area contributed by atoms with Crippen LogP contribution in [0.15, 0.2) is 29.2 Å². The summed E-state index contributed by atoms with van der Waals surface area (Å²) in [5, 5.41) is 12.1. The number of aliphatic hydroxyl groups excluding tert-OH is 1. The maximum Gasteiger partial charge on any atom is 0.243 e. The number of nitrogens with zero attached hydrogens (tertiary/aromatic N) is 1. The molecule has 0 heterocycles. The van der Waals surface area contributed by atoms with Gasteiger partial charge < -0.3 is 10.4 Å². The number of nitrogens with one attached hydrogen (secondary N) is 1. The molecule has 0 saturated heterocycles. The van der Waals surface area contributed by atoms with Crippen molar-refractivity contribution in [1.29, 1.82) is 0 Å². The van der Waals surface area contributed by atoms with Crippen LogP contribution in [0.4, 0.5) is 5.69 Å². The Bertz CT molecular complexity index is 509. The van der Waals surface area contributed by atoms with Gasteiger partial charge in [-0.25, -0.2) is 8.42 Å². The Morgan fingerprint density at radius 3 is 2.42 bits per heavy atom. The molecule has 5 nitrogen and oxygen atoms in total. The van der Waals surface area contributed by atoms with Gasteiger partial charge in [0.05, 0.1) is 11.5 Å². The van der Waals surface area contributed by atoms with E-state index >= 15 is 0 Å². The van der Waals surface area contributed by atoms with E-state index in [-0.39, 0.29) is 24.1 Å². The van der Waals surface area contributed by atoms with Crippen LogP contribution in [0.2, 0.25) is 0 Å². The zero-order valence-corrected chi connectivity index (χ0v) is 11.9. The van der Waals surface area contributed by atoms with E-state index in [9.17, 15) is 8.42 Å². The molecule has 0 radical (unpaired) electrons. The number of aliphatic hydroxyl groups is 1.